The normalized spacial score (nSPS) is 24.6. The summed E-state index contributed by atoms with van der Waals surface area (Å²) in [6.45, 7) is 0. The number of rotatable bonds is 1. The molecule has 0 spiro atoms. The van der Waals surface area contributed by atoms with Gasteiger partial charge >= 0.3 is 0 Å². The van der Waals surface area contributed by atoms with Crippen molar-refractivity contribution in [3.63, 3.8) is 0 Å². The Labute approximate surface area is 135 Å². The van der Waals surface area contributed by atoms with E-state index in [9.17, 15) is 0 Å². The molecule has 0 amide bonds. The first kappa shape index (κ1) is 12.5. The van der Waals surface area contributed by atoms with Crippen LogP contribution < -0.4 is 0 Å². The van der Waals surface area contributed by atoms with Crippen molar-refractivity contribution < 1.29 is 0 Å². The molecule has 0 nitrogen and oxygen atoms in total. The van der Waals surface area contributed by atoms with E-state index in [4.69, 9.17) is 0 Å². The Morgan fingerprint density at radius 1 is 0.545 bits per heavy atom. The smallest absolute Gasteiger partial charge is 0.0558 e. The van der Waals surface area contributed by atoms with Crippen molar-refractivity contribution in [1.29, 1.82) is 0 Å². The summed E-state index contributed by atoms with van der Waals surface area (Å²) in [5, 5.41) is 0.999. The molecule has 106 valence electrons. The van der Waals surface area contributed by atoms with Crippen molar-refractivity contribution in [2.45, 2.75) is 16.4 Å². The minimum absolute atomic E-state index is 0.475. The van der Waals surface area contributed by atoms with Gasteiger partial charge in [0.05, 0.1) is 5.25 Å². The predicted molar refractivity (Wildman–Crippen MR) is 93.3 cm³/mol. The summed E-state index contributed by atoms with van der Waals surface area (Å²) in [7, 11) is 0. The van der Waals surface area contributed by atoms with Crippen LogP contribution in [0.5, 0.6) is 0 Å². The van der Waals surface area contributed by atoms with Gasteiger partial charge in [0.25, 0.3) is 0 Å². The van der Waals surface area contributed by atoms with E-state index in [2.05, 4.69) is 90.6 Å². The van der Waals surface area contributed by atoms with Crippen LogP contribution in [0.2, 0.25) is 0 Å². The molecule has 2 heterocycles. The van der Waals surface area contributed by atoms with E-state index >= 15 is 0 Å². The Kier molecular flexibility index (Phi) is 2.71. The molecule has 6 rings (SSSR count). The summed E-state index contributed by atoms with van der Waals surface area (Å²) >= 11 is 2.12. The van der Waals surface area contributed by atoms with Crippen LogP contribution in [0.25, 0.3) is 0 Å². The molecule has 0 aromatic heterocycles. The molecule has 1 aliphatic carbocycles. The van der Waals surface area contributed by atoms with Crippen LogP contribution in [-0.4, -0.2) is 0 Å². The van der Waals surface area contributed by atoms with Gasteiger partial charge in [-0.3, -0.25) is 0 Å². The summed E-state index contributed by atoms with van der Waals surface area (Å²) < 4.78 is 0. The van der Waals surface area contributed by atoms with Crippen LogP contribution in [0.4, 0.5) is 0 Å². The largest absolute Gasteiger partial charge is 0.140 e. The van der Waals surface area contributed by atoms with Crippen LogP contribution in [0.15, 0.2) is 78.9 Å². The Balaban J connectivity index is 1.76. The number of thioether (sulfide) groups is 1. The summed E-state index contributed by atoms with van der Waals surface area (Å²) in [6, 6.07) is 29.0. The molecule has 3 aromatic carbocycles. The van der Waals surface area contributed by atoms with Crippen molar-refractivity contribution in [3.8, 4) is 0 Å². The molecule has 3 aliphatic rings. The Morgan fingerprint density at radius 2 is 1.05 bits per heavy atom. The highest BCUT2D eigenvalue weighted by Crippen LogP contribution is 2.64. The molecule has 1 heteroatoms. The van der Waals surface area contributed by atoms with Crippen molar-refractivity contribution in [3.05, 3.63) is 107 Å². The second-order valence-corrected chi connectivity index (χ2v) is 7.33. The lowest BCUT2D eigenvalue weighted by Crippen LogP contribution is -2.27. The molecular formula is C21H16S. The SMILES string of the molecule is c1ccc(C2SC3c4ccccc4C2c2ccccc23)cc1. The van der Waals surface area contributed by atoms with E-state index in [1.165, 1.54) is 27.8 Å². The highest BCUT2D eigenvalue weighted by atomic mass is 32.2. The van der Waals surface area contributed by atoms with Crippen molar-refractivity contribution >= 4 is 11.8 Å². The van der Waals surface area contributed by atoms with E-state index in [0.717, 1.165) is 0 Å². The molecule has 1 unspecified atom stereocenters. The standard InChI is InChI=1S/C21H16S/c1-2-8-14(9-3-1)20-19-15-10-4-6-12-17(15)21(22-20)18-13-7-5-11-16(18)19/h1-13,19-21H. The van der Waals surface area contributed by atoms with Crippen molar-refractivity contribution in [2.24, 2.45) is 0 Å². The summed E-state index contributed by atoms with van der Waals surface area (Å²) in [5.41, 5.74) is 7.54. The van der Waals surface area contributed by atoms with Crippen molar-refractivity contribution in [2.75, 3.05) is 0 Å². The molecule has 2 bridgehead atoms. The van der Waals surface area contributed by atoms with E-state index in [0.29, 0.717) is 16.4 Å². The average molecular weight is 300 g/mol. The fourth-order valence-electron chi connectivity index (χ4n) is 4.01. The molecule has 3 aromatic rings. The Morgan fingerprint density at radius 3 is 1.64 bits per heavy atom. The van der Waals surface area contributed by atoms with E-state index < -0.39 is 0 Å². The molecular weight excluding hydrogens is 284 g/mol. The van der Waals surface area contributed by atoms with Crippen LogP contribution in [-0.2, 0) is 0 Å². The maximum absolute atomic E-state index is 2.33. The number of hydrogen-bond acceptors (Lipinski definition) is 1. The van der Waals surface area contributed by atoms with E-state index in [1.807, 2.05) is 0 Å². The average Bonchev–Trinajstić information content (AvgIpc) is 2.62. The summed E-state index contributed by atoms with van der Waals surface area (Å²) in [6.07, 6.45) is 0. The van der Waals surface area contributed by atoms with Gasteiger partial charge in [0.1, 0.15) is 0 Å². The first-order valence-corrected chi connectivity index (χ1v) is 8.76. The molecule has 0 radical (unpaired) electrons. The minimum atomic E-state index is 0.475. The number of fused-ring (bicyclic) bond motifs is 1. The molecule has 22 heavy (non-hydrogen) atoms. The maximum atomic E-state index is 2.33. The molecule has 0 fully saturated rings. The van der Waals surface area contributed by atoms with Gasteiger partial charge in [-0.1, -0.05) is 78.9 Å². The third-order valence-corrected chi connectivity index (χ3v) is 6.56. The summed E-state index contributed by atoms with van der Waals surface area (Å²) in [4.78, 5) is 0. The molecule has 0 saturated carbocycles. The van der Waals surface area contributed by atoms with Gasteiger partial charge in [0.15, 0.2) is 0 Å². The first-order valence-electron chi connectivity index (χ1n) is 7.81. The van der Waals surface area contributed by atoms with Gasteiger partial charge in [-0.25, -0.2) is 0 Å². The maximum Gasteiger partial charge on any atom is 0.0558 e. The molecule has 2 aliphatic heterocycles. The second kappa shape index (κ2) is 4.76. The quantitative estimate of drug-likeness (QED) is 0.554. The number of hydrogen-bond donors (Lipinski definition) is 0. The highest BCUT2D eigenvalue weighted by molar-refractivity contribution is 8.00. The van der Waals surface area contributed by atoms with Gasteiger partial charge in [-0.05, 0) is 27.8 Å². The third-order valence-electron chi connectivity index (χ3n) is 4.94. The molecule has 0 N–H and O–H groups in total. The van der Waals surface area contributed by atoms with E-state index in [-0.39, 0.29) is 0 Å². The summed E-state index contributed by atoms with van der Waals surface area (Å²) in [5.74, 6) is 0.477. The fraction of sp³-hybridized carbons (Fsp3) is 0.143. The lowest BCUT2D eigenvalue weighted by Gasteiger charge is -2.45. The van der Waals surface area contributed by atoms with Crippen molar-refractivity contribution in [1.82, 2.24) is 0 Å². The monoisotopic (exact) mass is 300 g/mol. The van der Waals surface area contributed by atoms with Gasteiger partial charge in [0, 0.05) is 11.2 Å². The Hall–Kier alpha value is -1.99. The lowest BCUT2D eigenvalue weighted by atomic mass is 9.74. The highest BCUT2D eigenvalue weighted by Gasteiger charge is 2.44. The zero-order valence-corrected chi connectivity index (χ0v) is 13.0. The number of benzene rings is 3. The van der Waals surface area contributed by atoms with Crippen LogP contribution in [0.1, 0.15) is 44.2 Å². The van der Waals surface area contributed by atoms with Crippen LogP contribution in [0, 0.1) is 0 Å². The topological polar surface area (TPSA) is 0 Å². The van der Waals surface area contributed by atoms with Crippen LogP contribution >= 0.6 is 11.8 Å². The lowest BCUT2D eigenvalue weighted by molar-refractivity contribution is 0.710. The van der Waals surface area contributed by atoms with Gasteiger partial charge in [0.2, 0.25) is 0 Å². The predicted octanol–water partition coefficient (Wildman–Crippen LogP) is 5.71. The molecule has 0 saturated heterocycles. The Bertz CT molecular complexity index is 790. The van der Waals surface area contributed by atoms with Gasteiger partial charge in [-0.15, -0.1) is 11.8 Å². The first-order chi connectivity index (χ1) is 10.9. The van der Waals surface area contributed by atoms with Gasteiger partial charge < -0.3 is 0 Å². The minimum Gasteiger partial charge on any atom is -0.140 e. The van der Waals surface area contributed by atoms with E-state index in [1.54, 1.807) is 0 Å². The second-order valence-electron chi connectivity index (χ2n) is 6.08. The zero-order chi connectivity index (χ0) is 14.5. The van der Waals surface area contributed by atoms with Crippen LogP contribution in [0.3, 0.4) is 0 Å². The molecule has 1 atom stereocenters. The third kappa shape index (κ3) is 1.66. The fourth-order valence-corrected chi connectivity index (χ4v) is 5.79. The zero-order valence-electron chi connectivity index (χ0n) is 12.1. The van der Waals surface area contributed by atoms with Gasteiger partial charge in [-0.2, -0.15) is 0 Å².